The number of nitrogens with two attached hydrogens (primary N) is 1. The number of aromatic nitrogens is 2. The SMILES string of the molecule is Cc1cnc(C(N)Cc2ccc(F)cc2F)cn1. The Hall–Kier alpha value is -1.88. The maximum Gasteiger partial charge on any atom is 0.129 e. The van der Waals surface area contributed by atoms with Crippen molar-refractivity contribution in [1.82, 2.24) is 9.97 Å². The molecule has 0 bridgehead atoms. The highest BCUT2D eigenvalue weighted by Gasteiger charge is 2.12. The van der Waals surface area contributed by atoms with Crippen LogP contribution in [0.25, 0.3) is 0 Å². The highest BCUT2D eigenvalue weighted by Crippen LogP contribution is 2.17. The van der Waals surface area contributed by atoms with Gasteiger partial charge < -0.3 is 5.73 Å². The number of hydrogen-bond donors (Lipinski definition) is 1. The molecular formula is C13H13F2N3. The third-order valence-corrected chi connectivity index (χ3v) is 2.64. The van der Waals surface area contributed by atoms with Crippen LogP contribution in [0.2, 0.25) is 0 Å². The van der Waals surface area contributed by atoms with E-state index in [2.05, 4.69) is 9.97 Å². The number of halogens is 2. The van der Waals surface area contributed by atoms with Crippen LogP contribution in [0.4, 0.5) is 8.78 Å². The fourth-order valence-electron chi connectivity index (χ4n) is 1.62. The first-order chi connectivity index (χ1) is 8.56. The molecule has 3 nitrogen and oxygen atoms in total. The van der Waals surface area contributed by atoms with Crippen LogP contribution in [0.3, 0.4) is 0 Å². The van der Waals surface area contributed by atoms with Crippen molar-refractivity contribution < 1.29 is 8.78 Å². The summed E-state index contributed by atoms with van der Waals surface area (Å²) in [7, 11) is 0. The second-order valence-electron chi connectivity index (χ2n) is 4.13. The average molecular weight is 249 g/mol. The van der Waals surface area contributed by atoms with Crippen molar-refractivity contribution in [2.45, 2.75) is 19.4 Å². The highest BCUT2D eigenvalue weighted by atomic mass is 19.1. The monoisotopic (exact) mass is 249 g/mol. The van der Waals surface area contributed by atoms with E-state index in [0.717, 1.165) is 11.8 Å². The Morgan fingerprint density at radius 1 is 1.22 bits per heavy atom. The molecule has 0 fully saturated rings. The van der Waals surface area contributed by atoms with E-state index in [0.29, 0.717) is 11.3 Å². The molecule has 0 radical (unpaired) electrons. The van der Waals surface area contributed by atoms with Crippen molar-refractivity contribution in [3.63, 3.8) is 0 Å². The van der Waals surface area contributed by atoms with Crippen LogP contribution in [-0.4, -0.2) is 9.97 Å². The second-order valence-corrected chi connectivity index (χ2v) is 4.13. The van der Waals surface area contributed by atoms with E-state index in [1.54, 1.807) is 12.4 Å². The van der Waals surface area contributed by atoms with E-state index in [1.807, 2.05) is 6.92 Å². The molecule has 0 aliphatic carbocycles. The summed E-state index contributed by atoms with van der Waals surface area (Å²) >= 11 is 0. The summed E-state index contributed by atoms with van der Waals surface area (Å²) in [6, 6.07) is 3.00. The highest BCUT2D eigenvalue weighted by molar-refractivity contribution is 5.21. The van der Waals surface area contributed by atoms with E-state index < -0.39 is 17.7 Å². The van der Waals surface area contributed by atoms with Crippen LogP contribution in [0.5, 0.6) is 0 Å². The van der Waals surface area contributed by atoms with E-state index in [1.165, 1.54) is 12.1 Å². The van der Waals surface area contributed by atoms with Gasteiger partial charge in [0.15, 0.2) is 0 Å². The number of rotatable bonds is 3. The lowest BCUT2D eigenvalue weighted by Crippen LogP contribution is -2.16. The summed E-state index contributed by atoms with van der Waals surface area (Å²) in [5.41, 5.74) is 7.67. The molecule has 0 spiro atoms. The molecular weight excluding hydrogens is 236 g/mol. The van der Waals surface area contributed by atoms with Crippen molar-refractivity contribution in [2.75, 3.05) is 0 Å². The lowest BCUT2D eigenvalue weighted by molar-refractivity contribution is 0.561. The van der Waals surface area contributed by atoms with Crippen LogP contribution < -0.4 is 5.73 Å². The molecule has 1 unspecified atom stereocenters. The molecule has 0 aliphatic heterocycles. The van der Waals surface area contributed by atoms with Gasteiger partial charge in [0.1, 0.15) is 11.6 Å². The predicted octanol–water partition coefficient (Wildman–Crippen LogP) is 2.31. The van der Waals surface area contributed by atoms with Gasteiger partial charge in [0.05, 0.1) is 23.6 Å². The summed E-state index contributed by atoms with van der Waals surface area (Å²) in [6.45, 7) is 1.82. The molecule has 0 amide bonds. The van der Waals surface area contributed by atoms with E-state index >= 15 is 0 Å². The number of aryl methyl sites for hydroxylation is 1. The smallest absolute Gasteiger partial charge is 0.129 e. The zero-order valence-corrected chi connectivity index (χ0v) is 9.90. The van der Waals surface area contributed by atoms with Crippen LogP contribution in [0.15, 0.2) is 30.6 Å². The molecule has 5 heteroatoms. The maximum atomic E-state index is 13.5. The number of hydrogen-bond acceptors (Lipinski definition) is 3. The summed E-state index contributed by atoms with van der Waals surface area (Å²) in [5, 5.41) is 0. The van der Waals surface area contributed by atoms with Gasteiger partial charge in [0.2, 0.25) is 0 Å². The van der Waals surface area contributed by atoms with E-state index in [9.17, 15) is 8.78 Å². The standard InChI is InChI=1S/C13H13F2N3/c1-8-6-18-13(7-17-8)12(16)4-9-2-3-10(14)5-11(9)15/h2-3,5-7,12H,4,16H2,1H3. The van der Waals surface area contributed by atoms with Crippen molar-refractivity contribution in [2.24, 2.45) is 5.73 Å². The third kappa shape index (κ3) is 2.87. The van der Waals surface area contributed by atoms with Gasteiger partial charge in [0.25, 0.3) is 0 Å². The molecule has 1 heterocycles. The summed E-state index contributed by atoms with van der Waals surface area (Å²) in [6.07, 6.45) is 3.43. The second kappa shape index (κ2) is 5.18. The van der Waals surface area contributed by atoms with Crippen LogP contribution >= 0.6 is 0 Å². The molecule has 18 heavy (non-hydrogen) atoms. The predicted molar refractivity (Wildman–Crippen MR) is 63.8 cm³/mol. The normalized spacial score (nSPS) is 12.4. The Kier molecular flexibility index (Phi) is 3.62. The van der Waals surface area contributed by atoms with E-state index in [-0.39, 0.29) is 6.42 Å². The van der Waals surface area contributed by atoms with Gasteiger partial charge in [-0.3, -0.25) is 9.97 Å². The third-order valence-electron chi connectivity index (χ3n) is 2.64. The zero-order chi connectivity index (χ0) is 13.1. The van der Waals surface area contributed by atoms with Crippen molar-refractivity contribution in [1.29, 1.82) is 0 Å². The molecule has 1 atom stereocenters. The fraction of sp³-hybridized carbons (Fsp3) is 0.231. The molecule has 0 aliphatic rings. The van der Waals surface area contributed by atoms with Crippen molar-refractivity contribution >= 4 is 0 Å². The summed E-state index contributed by atoms with van der Waals surface area (Å²) in [4.78, 5) is 8.22. The Bertz CT molecular complexity index is 540. The first kappa shape index (κ1) is 12.6. The summed E-state index contributed by atoms with van der Waals surface area (Å²) < 4.78 is 26.2. The molecule has 2 aromatic rings. The Morgan fingerprint density at radius 2 is 2.00 bits per heavy atom. The van der Waals surface area contributed by atoms with Gasteiger partial charge in [-0.1, -0.05) is 6.07 Å². The van der Waals surface area contributed by atoms with Gasteiger partial charge in [-0.15, -0.1) is 0 Å². The van der Waals surface area contributed by atoms with Gasteiger partial charge in [-0.05, 0) is 25.0 Å². The van der Waals surface area contributed by atoms with Crippen LogP contribution in [0, 0.1) is 18.6 Å². The van der Waals surface area contributed by atoms with Gasteiger partial charge in [-0.25, -0.2) is 8.78 Å². The summed E-state index contributed by atoms with van der Waals surface area (Å²) in [5.74, 6) is -1.19. The Morgan fingerprint density at radius 3 is 2.61 bits per heavy atom. The van der Waals surface area contributed by atoms with Gasteiger partial charge >= 0.3 is 0 Å². The number of nitrogens with zero attached hydrogens (tertiary/aromatic N) is 2. The minimum atomic E-state index is -0.597. The van der Waals surface area contributed by atoms with Gasteiger partial charge in [-0.2, -0.15) is 0 Å². The molecule has 2 rings (SSSR count). The molecule has 0 saturated carbocycles. The lowest BCUT2D eigenvalue weighted by atomic mass is 10.0. The Labute approximate surface area is 104 Å². The van der Waals surface area contributed by atoms with E-state index in [4.69, 9.17) is 5.73 Å². The Balaban J connectivity index is 2.15. The van der Waals surface area contributed by atoms with Crippen LogP contribution in [-0.2, 0) is 6.42 Å². The van der Waals surface area contributed by atoms with Crippen LogP contribution in [0.1, 0.15) is 23.0 Å². The molecule has 1 aromatic carbocycles. The minimum absolute atomic E-state index is 0.254. The largest absolute Gasteiger partial charge is 0.322 e. The lowest BCUT2D eigenvalue weighted by Gasteiger charge is -2.11. The fourth-order valence-corrected chi connectivity index (χ4v) is 1.62. The quantitative estimate of drug-likeness (QED) is 0.908. The maximum absolute atomic E-state index is 13.5. The van der Waals surface area contributed by atoms with Gasteiger partial charge in [0, 0.05) is 12.3 Å². The van der Waals surface area contributed by atoms with Crippen molar-refractivity contribution in [3.8, 4) is 0 Å². The first-order valence-electron chi connectivity index (χ1n) is 5.54. The molecule has 2 N–H and O–H groups in total. The number of benzene rings is 1. The average Bonchev–Trinajstić information content (AvgIpc) is 2.33. The molecule has 94 valence electrons. The van der Waals surface area contributed by atoms with Crippen molar-refractivity contribution in [3.05, 3.63) is 59.2 Å². The molecule has 1 aromatic heterocycles. The first-order valence-corrected chi connectivity index (χ1v) is 5.54. The zero-order valence-electron chi connectivity index (χ0n) is 9.90. The minimum Gasteiger partial charge on any atom is -0.322 e. The molecule has 0 saturated heterocycles. The topological polar surface area (TPSA) is 51.8 Å².